The Balaban J connectivity index is 1.79. The summed E-state index contributed by atoms with van der Waals surface area (Å²) in [6.07, 6.45) is -0.615. The Morgan fingerprint density at radius 2 is 1.74 bits per heavy atom. The summed E-state index contributed by atoms with van der Waals surface area (Å²) in [5.74, 6) is 3.07. The maximum atomic E-state index is 9.98. The van der Waals surface area contributed by atoms with E-state index >= 15 is 0 Å². The zero-order chi connectivity index (χ0) is 25.1. The van der Waals surface area contributed by atoms with E-state index in [1.165, 1.54) is 0 Å². The summed E-state index contributed by atoms with van der Waals surface area (Å²) in [6, 6.07) is 7.48. The highest BCUT2D eigenvalue weighted by molar-refractivity contribution is 5.77. The molecule has 10 heteroatoms. The van der Waals surface area contributed by atoms with Crippen LogP contribution in [0.3, 0.4) is 0 Å². The summed E-state index contributed by atoms with van der Waals surface area (Å²) in [5.41, 5.74) is 5.39. The third kappa shape index (κ3) is 5.18. The number of nitrogens with one attached hydrogen (secondary N) is 2. The second-order valence-electron chi connectivity index (χ2n) is 8.44. The summed E-state index contributed by atoms with van der Waals surface area (Å²) in [5, 5.41) is 24.4. The second-order valence-corrected chi connectivity index (χ2v) is 8.44. The van der Waals surface area contributed by atoms with Crippen LogP contribution in [0.2, 0.25) is 0 Å². The molecule has 184 valence electrons. The average Bonchev–Trinajstić information content (AvgIpc) is 3.34. The van der Waals surface area contributed by atoms with Gasteiger partial charge in [-0.3, -0.25) is 0 Å². The van der Waals surface area contributed by atoms with Gasteiger partial charge in [0.1, 0.15) is 41.4 Å². The van der Waals surface area contributed by atoms with E-state index in [1.54, 1.807) is 7.05 Å². The van der Waals surface area contributed by atoms with Crippen LogP contribution in [0.25, 0.3) is 22.6 Å². The molecule has 35 heavy (non-hydrogen) atoms. The maximum absolute atomic E-state index is 9.98. The largest absolute Gasteiger partial charge is 0.491 e. The predicted molar refractivity (Wildman–Crippen MR) is 132 cm³/mol. The van der Waals surface area contributed by atoms with Crippen molar-refractivity contribution in [1.29, 1.82) is 0 Å². The number of ether oxygens (including phenoxy) is 1. The Kier molecular flexibility index (Phi) is 7.13. The minimum atomic E-state index is -0.615. The fourth-order valence-electron chi connectivity index (χ4n) is 3.82. The molecule has 3 N–H and O–H groups in total. The van der Waals surface area contributed by atoms with Gasteiger partial charge in [0.25, 0.3) is 0 Å². The molecule has 1 atom stereocenters. The van der Waals surface area contributed by atoms with Crippen LogP contribution in [-0.4, -0.2) is 51.7 Å². The number of benzene rings is 1. The summed E-state index contributed by atoms with van der Waals surface area (Å²) in [6.45, 7) is 10.0. The molecule has 0 spiro atoms. The van der Waals surface area contributed by atoms with Gasteiger partial charge < -0.3 is 29.5 Å². The number of likely N-dealkylation sites (N-methyl/N-ethyl adjacent to an activating group) is 1. The van der Waals surface area contributed by atoms with Crippen molar-refractivity contribution in [1.82, 2.24) is 25.6 Å². The van der Waals surface area contributed by atoms with Gasteiger partial charge in [-0.05, 0) is 53.8 Å². The van der Waals surface area contributed by atoms with Gasteiger partial charge in [0.2, 0.25) is 0 Å². The fraction of sp³-hybridized carbons (Fsp3) is 0.360. The molecule has 0 aliphatic carbocycles. The lowest BCUT2D eigenvalue weighted by molar-refractivity contribution is 0.108. The van der Waals surface area contributed by atoms with Crippen LogP contribution < -0.4 is 15.4 Å². The van der Waals surface area contributed by atoms with E-state index in [4.69, 9.17) is 23.8 Å². The first kappa shape index (κ1) is 24.4. The highest BCUT2D eigenvalue weighted by Crippen LogP contribution is 2.35. The molecule has 4 rings (SSSR count). The zero-order valence-corrected chi connectivity index (χ0v) is 20.8. The standard InChI is InChI=1S/C25H30N6O4/c1-13-22(21-14(2)30-34-16(21)4)27-25(29-24(13)28-23-15(3)31-35-17(23)5)18-8-7-9-20(10-18)33-12-19(32)11-26-6/h7-10,19,26,32H,11-12H2,1-6H3,(H,27,28,29). The Morgan fingerprint density at radius 1 is 1.00 bits per heavy atom. The highest BCUT2D eigenvalue weighted by atomic mass is 16.5. The molecule has 0 amide bonds. The van der Waals surface area contributed by atoms with Crippen molar-refractivity contribution in [2.45, 2.75) is 40.7 Å². The number of anilines is 2. The van der Waals surface area contributed by atoms with Crippen molar-refractivity contribution >= 4 is 11.5 Å². The Hall–Kier alpha value is -3.76. The SMILES string of the molecule is CNCC(O)COc1cccc(-c2nc(Nc3c(C)noc3C)c(C)c(-c3c(C)noc3C)n2)c1. The average molecular weight is 479 g/mol. The van der Waals surface area contributed by atoms with E-state index in [9.17, 15) is 5.11 Å². The summed E-state index contributed by atoms with van der Waals surface area (Å²) >= 11 is 0. The predicted octanol–water partition coefficient (Wildman–Crippen LogP) is 4.03. The van der Waals surface area contributed by atoms with E-state index < -0.39 is 6.10 Å². The molecule has 0 fully saturated rings. The van der Waals surface area contributed by atoms with E-state index in [2.05, 4.69) is 20.9 Å². The normalized spacial score (nSPS) is 12.1. The fourth-order valence-corrected chi connectivity index (χ4v) is 3.82. The maximum Gasteiger partial charge on any atom is 0.162 e. The highest BCUT2D eigenvalue weighted by Gasteiger charge is 2.22. The molecule has 3 heterocycles. The van der Waals surface area contributed by atoms with Gasteiger partial charge in [-0.15, -0.1) is 0 Å². The Bertz CT molecular complexity index is 1290. The molecule has 0 saturated heterocycles. The number of aliphatic hydroxyl groups is 1. The van der Waals surface area contributed by atoms with Gasteiger partial charge >= 0.3 is 0 Å². The zero-order valence-electron chi connectivity index (χ0n) is 20.8. The molecule has 0 aliphatic heterocycles. The molecule has 4 aromatic rings. The van der Waals surface area contributed by atoms with Gasteiger partial charge in [-0.2, -0.15) is 0 Å². The minimum Gasteiger partial charge on any atom is -0.491 e. The molecular formula is C25H30N6O4. The van der Waals surface area contributed by atoms with Crippen LogP contribution in [0.15, 0.2) is 33.3 Å². The van der Waals surface area contributed by atoms with Gasteiger partial charge in [0.05, 0.1) is 17.0 Å². The lowest BCUT2D eigenvalue weighted by Gasteiger charge is -2.15. The topological polar surface area (TPSA) is 131 Å². The molecule has 0 aliphatic rings. The van der Waals surface area contributed by atoms with Crippen LogP contribution >= 0.6 is 0 Å². The van der Waals surface area contributed by atoms with Gasteiger partial charge in [0.15, 0.2) is 11.6 Å². The second kappa shape index (κ2) is 10.2. The number of aromatic nitrogens is 4. The first-order valence-electron chi connectivity index (χ1n) is 11.4. The first-order chi connectivity index (χ1) is 16.8. The summed E-state index contributed by atoms with van der Waals surface area (Å²) < 4.78 is 16.5. The molecule has 0 saturated carbocycles. The molecule has 0 radical (unpaired) electrons. The van der Waals surface area contributed by atoms with Crippen molar-refractivity contribution in [2.75, 3.05) is 25.5 Å². The number of hydrogen-bond acceptors (Lipinski definition) is 10. The van der Waals surface area contributed by atoms with Crippen LogP contribution in [0.5, 0.6) is 5.75 Å². The molecule has 1 unspecified atom stereocenters. The van der Waals surface area contributed by atoms with Crippen LogP contribution in [0.4, 0.5) is 11.5 Å². The Labute approximate surface area is 203 Å². The number of aryl methyl sites for hydroxylation is 4. The van der Waals surface area contributed by atoms with E-state index in [0.29, 0.717) is 35.5 Å². The van der Waals surface area contributed by atoms with Gasteiger partial charge in [-0.25, -0.2) is 9.97 Å². The van der Waals surface area contributed by atoms with Crippen molar-refractivity contribution < 1.29 is 18.9 Å². The van der Waals surface area contributed by atoms with Crippen molar-refractivity contribution in [3.05, 3.63) is 52.7 Å². The summed E-state index contributed by atoms with van der Waals surface area (Å²) in [7, 11) is 1.78. The molecule has 3 aromatic heterocycles. The smallest absolute Gasteiger partial charge is 0.162 e. The summed E-state index contributed by atoms with van der Waals surface area (Å²) in [4.78, 5) is 9.74. The molecule has 10 nitrogen and oxygen atoms in total. The quantitative estimate of drug-likeness (QED) is 0.324. The van der Waals surface area contributed by atoms with Gasteiger partial charge in [0, 0.05) is 17.7 Å². The van der Waals surface area contributed by atoms with Gasteiger partial charge in [-0.1, -0.05) is 22.4 Å². The van der Waals surface area contributed by atoms with Crippen molar-refractivity contribution in [2.24, 2.45) is 0 Å². The van der Waals surface area contributed by atoms with Crippen molar-refractivity contribution in [3.63, 3.8) is 0 Å². The van der Waals surface area contributed by atoms with E-state index in [-0.39, 0.29) is 6.61 Å². The van der Waals surface area contributed by atoms with Crippen LogP contribution in [0, 0.1) is 34.6 Å². The van der Waals surface area contributed by atoms with Crippen LogP contribution in [-0.2, 0) is 0 Å². The van der Waals surface area contributed by atoms with Crippen LogP contribution in [0.1, 0.15) is 28.5 Å². The first-order valence-corrected chi connectivity index (χ1v) is 11.4. The Morgan fingerprint density at radius 3 is 2.40 bits per heavy atom. The number of hydrogen-bond donors (Lipinski definition) is 3. The lowest BCUT2D eigenvalue weighted by Crippen LogP contribution is -2.29. The lowest BCUT2D eigenvalue weighted by atomic mass is 10.0. The van der Waals surface area contributed by atoms with Crippen molar-refractivity contribution in [3.8, 4) is 28.4 Å². The van der Waals surface area contributed by atoms with E-state index in [0.717, 1.165) is 39.5 Å². The number of rotatable bonds is 9. The number of nitrogens with zero attached hydrogens (tertiary/aromatic N) is 4. The monoisotopic (exact) mass is 478 g/mol. The third-order valence-corrected chi connectivity index (χ3v) is 5.67. The minimum absolute atomic E-state index is 0.169. The molecular weight excluding hydrogens is 448 g/mol. The molecule has 0 bridgehead atoms. The molecule has 1 aromatic carbocycles. The van der Waals surface area contributed by atoms with E-state index in [1.807, 2.05) is 58.9 Å². The third-order valence-electron chi connectivity index (χ3n) is 5.67. The number of aliphatic hydroxyl groups excluding tert-OH is 1.